The molecular weight excluding hydrogens is 529 g/mol. The summed E-state index contributed by atoms with van der Waals surface area (Å²) < 4.78 is 78.0. The quantitative estimate of drug-likeness (QED) is 0.300. The Labute approximate surface area is 218 Å². The van der Waals surface area contributed by atoms with Gasteiger partial charge in [-0.25, -0.2) is 18.7 Å². The van der Waals surface area contributed by atoms with E-state index in [0.717, 1.165) is 24.4 Å². The lowest BCUT2D eigenvalue weighted by molar-refractivity contribution is -0.137. The van der Waals surface area contributed by atoms with Gasteiger partial charge in [0.15, 0.2) is 5.78 Å². The van der Waals surface area contributed by atoms with Gasteiger partial charge in [0.05, 0.1) is 60.1 Å². The van der Waals surface area contributed by atoms with Gasteiger partial charge in [-0.05, 0) is 24.6 Å². The number of ketones is 1. The predicted molar refractivity (Wildman–Crippen MR) is 126 cm³/mol. The topological polar surface area (TPSA) is 115 Å². The lowest BCUT2D eigenvalue weighted by atomic mass is 9.80. The van der Waals surface area contributed by atoms with E-state index in [2.05, 4.69) is 25.6 Å². The van der Waals surface area contributed by atoms with Crippen LogP contribution in [0.2, 0.25) is 0 Å². The number of amides is 1. The second kappa shape index (κ2) is 11.3. The van der Waals surface area contributed by atoms with Crippen molar-refractivity contribution in [2.45, 2.75) is 25.6 Å². The Bertz CT molecular complexity index is 1360. The summed E-state index contributed by atoms with van der Waals surface area (Å²) in [4.78, 5) is 37.6. The molecule has 206 valence electrons. The average Bonchev–Trinajstić information content (AvgIpc) is 3.38. The normalized spacial score (nSPS) is 17.1. The molecule has 1 aliphatic rings. The Hall–Kier alpha value is -4.20. The number of methoxy groups -OCH3 is 1. The highest BCUT2D eigenvalue weighted by atomic mass is 19.4. The van der Waals surface area contributed by atoms with E-state index in [4.69, 9.17) is 9.47 Å². The zero-order valence-electron chi connectivity index (χ0n) is 20.4. The number of aromatic nitrogens is 3. The number of nitrogens with zero attached hydrogens (tertiary/aromatic N) is 3. The summed E-state index contributed by atoms with van der Waals surface area (Å²) in [6.45, 7) is -0.132. The molecule has 3 aromatic rings. The second-order valence-electron chi connectivity index (χ2n) is 8.79. The number of halogens is 5. The summed E-state index contributed by atoms with van der Waals surface area (Å²) in [6.07, 6.45) is -1.15. The number of pyridine rings is 1. The molecule has 1 amide bonds. The summed E-state index contributed by atoms with van der Waals surface area (Å²) in [6, 6.07) is 3.02. The van der Waals surface area contributed by atoms with Crippen LogP contribution in [-0.4, -0.2) is 47.0 Å². The van der Waals surface area contributed by atoms with E-state index < -0.39 is 46.2 Å². The van der Waals surface area contributed by atoms with Crippen LogP contribution in [0.5, 0.6) is 6.01 Å². The van der Waals surface area contributed by atoms with E-state index in [1.54, 1.807) is 0 Å². The molecule has 1 atom stereocenters. The lowest BCUT2D eigenvalue weighted by Gasteiger charge is -2.25. The third-order valence-corrected chi connectivity index (χ3v) is 6.12. The Morgan fingerprint density at radius 1 is 1.10 bits per heavy atom. The first-order chi connectivity index (χ1) is 18.5. The molecule has 1 aromatic carbocycles. The number of hydrogen-bond donors (Lipinski definition) is 2. The largest absolute Gasteiger partial charge is 0.467 e. The monoisotopic (exact) mass is 551 g/mol. The average molecular weight is 551 g/mol. The van der Waals surface area contributed by atoms with Crippen molar-refractivity contribution in [1.29, 1.82) is 0 Å². The van der Waals surface area contributed by atoms with Crippen LogP contribution in [0, 0.1) is 17.0 Å². The van der Waals surface area contributed by atoms with Crippen LogP contribution in [0.1, 0.15) is 34.5 Å². The van der Waals surface area contributed by atoms with Crippen molar-refractivity contribution in [2.24, 2.45) is 5.41 Å². The van der Waals surface area contributed by atoms with Gasteiger partial charge in [0.1, 0.15) is 11.6 Å². The lowest BCUT2D eigenvalue weighted by Crippen LogP contribution is -2.43. The van der Waals surface area contributed by atoms with Gasteiger partial charge in [-0.2, -0.15) is 13.2 Å². The number of carbonyl (C=O) groups excluding carboxylic acids is 2. The zero-order chi connectivity index (χ0) is 28.2. The van der Waals surface area contributed by atoms with E-state index in [9.17, 15) is 31.5 Å². The number of anilines is 2. The van der Waals surface area contributed by atoms with Crippen LogP contribution in [0.4, 0.5) is 33.3 Å². The van der Waals surface area contributed by atoms with E-state index in [1.807, 2.05) is 0 Å². The Morgan fingerprint density at radius 3 is 2.46 bits per heavy atom. The van der Waals surface area contributed by atoms with E-state index in [-0.39, 0.29) is 55.6 Å². The molecule has 14 heteroatoms. The molecule has 0 aliphatic carbocycles. The number of hydrogen-bond acceptors (Lipinski definition) is 8. The first-order valence-electron chi connectivity index (χ1n) is 11.5. The number of Topliss-reactive ketones (excluding diaryl/α,β-unsaturated/α-hetero) is 1. The molecule has 0 saturated carbocycles. The number of benzene rings is 1. The Morgan fingerprint density at radius 2 is 1.85 bits per heavy atom. The predicted octanol–water partition coefficient (Wildman–Crippen LogP) is 4.22. The minimum atomic E-state index is -4.84. The molecule has 2 aromatic heterocycles. The maximum Gasteiger partial charge on any atom is 0.418 e. The van der Waals surface area contributed by atoms with E-state index in [1.165, 1.54) is 19.5 Å². The molecule has 4 rings (SSSR count). The molecule has 0 unspecified atom stereocenters. The van der Waals surface area contributed by atoms with Crippen molar-refractivity contribution in [2.75, 3.05) is 25.6 Å². The van der Waals surface area contributed by atoms with Crippen molar-refractivity contribution in [3.05, 3.63) is 71.3 Å². The van der Waals surface area contributed by atoms with Gasteiger partial charge in [-0.1, -0.05) is 0 Å². The van der Waals surface area contributed by atoms with Crippen LogP contribution >= 0.6 is 0 Å². The SMILES string of the molecule is COc1ncc(C(=O)C[C@@]2(C(=O)NCc3ncc(Nc4ccc(F)cc4C(F)(F)F)cc3F)CCOC2)cn1. The third kappa shape index (κ3) is 6.45. The third-order valence-electron chi connectivity index (χ3n) is 6.12. The molecule has 1 aliphatic heterocycles. The minimum Gasteiger partial charge on any atom is -0.467 e. The molecule has 39 heavy (non-hydrogen) atoms. The standard InChI is InChI=1S/C25H22F5N5O4/c1-38-23-33-9-14(10-34-23)21(36)8-24(4-5-39-13-24)22(37)32-12-20-18(27)7-16(11-31-20)35-19-3-2-15(26)6-17(19)25(28,29)30/h2-3,6-7,9-11,35H,4-5,8,12-13H2,1H3,(H,32,37)/t24-/m0/s1. The fourth-order valence-electron chi connectivity index (χ4n) is 4.01. The smallest absolute Gasteiger partial charge is 0.418 e. The molecule has 1 fully saturated rings. The minimum absolute atomic E-state index is 0.0282. The fraction of sp³-hybridized carbons (Fsp3) is 0.320. The summed E-state index contributed by atoms with van der Waals surface area (Å²) >= 11 is 0. The van der Waals surface area contributed by atoms with Crippen molar-refractivity contribution in [1.82, 2.24) is 20.3 Å². The van der Waals surface area contributed by atoms with Crippen molar-refractivity contribution in [3.63, 3.8) is 0 Å². The van der Waals surface area contributed by atoms with Gasteiger partial charge >= 0.3 is 12.2 Å². The molecule has 9 nitrogen and oxygen atoms in total. The highest BCUT2D eigenvalue weighted by Gasteiger charge is 2.44. The molecule has 1 saturated heterocycles. The van der Waals surface area contributed by atoms with Gasteiger partial charge in [-0.15, -0.1) is 0 Å². The van der Waals surface area contributed by atoms with E-state index in [0.29, 0.717) is 6.07 Å². The maximum atomic E-state index is 14.7. The molecule has 0 bridgehead atoms. The summed E-state index contributed by atoms with van der Waals surface area (Å²) in [5, 5.41) is 4.95. The number of nitrogens with one attached hydrogen (secondary N) is 2. The van der Waals surface area contributed by atoms with Gasteiger partial charge in [0.2, 0.25) is 5.91 Å². The summed E-state index contributed by atoms with van der Waals surface area (Å²) in [5.41, 5.74) is -3.08. The molecule has 0 radical (unpaired) electrons. The Balaban J connectivity index is 1.43. The van der Waals surface area contributed by atoms with Crippen LogP contribution in [-0.2, 0) is 22.3 Å². The van der Waals surface area contributed by atoms with Gasteiger partial charge in [0.25, 0.3) is 0 Å². The molecule has 2 N–H and O–H groups in total. The van der Waals surface area contributed by atoms with Gasteiger partial charge < -0.3 is 20.1 Å². The first-order valence-corrected chi connectivity index (χ1v) is 11.5. The maximum absolute atomic E-state index is 14.7. The van der Waals surface area contributed by atoms with Crippen LogP contribution in [0.15, 0.2) is 42.9 Å². The molecule has 0 spiro atoms. The Kier molecular flexibility index (Phi) is 8.04. The van der Waals surface area contributed by atoms with Crippen molar-refractivity contribution >= 4 is 23.1 Å². The first kappa shape index (κ1) is 27.8. The van der Waals surface area contributed by atoms with Gasteiger partial charge in [0, 0.05) is 31.5 Å². The van der Waals surface area contributed by atoms with Crippen molar-refractivity contribution in [3.8, 4) is 6.01 Å². The zero-order valence-corrected chi connectivity index (χ0v) is 20.4. The molecular formula is C25H22F5N5O4. The van der Waals surface area contributed by atoms with Crippen molar-refractivity contribution < 1.29 is 41.0 Å². The second-order valence-corrected chi connectivity index (χ2v) is 8.79. The highest BCUT2D eigenvalue weighted by Crippen LogP contribution is 2.37. The number of ether oxygens (including phenoxy) is 2. The van der Waals surface area contributed by atoms with Crippen LogP contribution < -0.4 is 15.4 Å². The molecule has 3 heterocycles. The van der Waals surface area contributed by atoms with Crippen LogP contribution in [0.25, 0.3) is 0 Å². The van der Waals surface area contributed by atoms with E-state index >= 15 is 0 Å². The number of carbonyl (C=O) groups is 2. The number of rotatable bonds is 9. The van der Waals surface area contributed by atoms with Crippen LogP contribution in [0.3, 0.4) is 0 Å². The summed E-state index contributed by atoms with van der Waals surface area (Å²) in [5.74, 6) is -2.92. The van der Waals surface area contributed by atoms with Gasteiger partial charge in [-0.3, -0.25) is 14.6 Å². The summed E-state index contributed by atoms with van der Waals surface area (Å²) in [7, 11) is 1.38. The highest BCUT2D eigenvalue weighted by molar-refractivity contribution is 5.99. The fourth-order valence-corrected chi connectivity index (χ4v) is 4.01. The number of alkyl halides is 3.